The summed E-state index contributed by atoms with van der Waals surface area (Å²) in [6, 6.07) is 7.94. The Hall–Kier alpha value is -0.870. The third-order valence-electron chi connectivity index (χ3n) is 3.16. The Labute approximate surface area is 117 Å². The molecule has 0 fully saturated rings. The molecule has 1 aromatic carbocycles. The minimum Gasteiger partial charge on any atom is -0.467 e. The second kappa shape index (κ2) is 6.34. The van der Waals surface area contributed by atoms with E-state index < -0.39 is 5.54 Å². The highest BCUT2D eigenvalue weighted by Gasteiger charge is 2.37. The lowest BCUT2D eigenvalue weighted by atomic mass is 9.91. The lowest BCUT2D eigenvalue weighted by Gasteiger charge is -2.31. The summed E-state index contributed by atoms with van der Waals surface area (Å²) in [7, 11) is 1.41. The first kappa shape index (κ1) is 15.2. The van der Waals surface area contributed by atoms with E-state index in [0.29, 0.717) is 0 Å². The van der Waals surface area contributed by atoms with Crippen LogP contribution < -0.4 is 5.32 Å². The molecule has 0 aromatic heterocycles. The van der Waals surface area contributed by atoms with Gasteiger partial charge in [-0.3, -0.25) is 5.32 Å². The van der Waals surface area contributed by atoms with Gasteiger partial charge in [0.15, 0.2) is 0 Å². The summed E-state index contributed by atoms with van der Waals surface area (Å²) in [5.74, 6) is -0.273. The number of nitrogens with one attached hydrogen (secondary N) is 1. The molecule has 0 aliphatic carbocycles. The monoisotopic (exact) mass is 313 g/mol. The van der Waals surface area contributed by atoms with Gasteiger partial charge in [-0.15, -0.1) is 0 Å². The van der Waals surface area contributed by atoms with Crippen LogP contribution in [0.4, 0.5) is 0 Å². The first-order valence-corrected chi connectivity index (χ1v) is 6.85. The Morgan fingerprint density at radius 3 is 2.44 bits per heavy atom. The molecule has 0 heterocycles. The first-order valence-electron chi connectivity index (χ1n) is 6.06. The first-order chi connectivity index (χ1) is 8.43. The minimum absolute atomic E-state index is 0.234. The molecule has 0 radical (unpaired) electrons. The van der Waals surface area contributed by atoms with Gasteiger partial charge in [0, 0.05) is 10.5 Å². The van der Waals surface area contributed by atoms with Crippen LogP contribution in [0.1, 0.15) is 32.8 Å². The number of esters is 1. The van der Waals surface area contributed by atoms with Gasteiger partial charge in [0.1, 0.15) is 5.54 Å². The highest BCUT2D eigenvalue weighted by Crippen LogP contribution is 2.25. The third-order valence-corrected chi connectivity index (χ3v) is 3.69. The Balaban J connectivity index is 3.11. The van der Waals surface area contributed by atoms with Gasteiger partial charge in [-0.25, -0.2) is 4.79 Å². The van der Waals surface area contributed by atoms with Gasteiger partial charge in [-0.2, -0.15) is 0 Å². The smallest absolute Gasteiger partial charge is 0.330 e. The topological polar surface area (TPSA) is 38.3 Å². The van der Waals surface area contributed by atoms with E-state index in [1.165, 1.54) is 7.11 Å². The quantitative estimate of drug-likeness (QED) is 0.848. The highest BCUT2D eigenvalue weighted by atomic mass is 79.9. The molecule has 0 spiro atoms. The van der Waals surface area contributed by atoms with E-state index >= 15 is 0 Å². The van der Waals surface area contributed by atoms with Crippen LogP contribution in [0.3, 0.4) is 0 Å². The number of benzene rings is 1. The number of carbonyl (C=O) groups excluding carboxylic acids is 1. The Morgan fingerprint density at radius 2 is 2.00 bits per heavy atom. The van der Waals surface area contributed by atoms with Crippen molar-refractivity contribution in [1.82, 2.24) is 5.32 Å². The molecule has 100 valence electrons. The van der Waals surface area contributed by atoms with Crippen LogP contribution in [0.2, 0.25) is 0 Å². The maximum atomic E-state index is 12.1. The van der Waals surface area contributed by atoms with Crippen LogP contribution in [0.5, 0.6) is 0 Å². The van der Waals surface area contributed by atoms with Gasteiger partial charge in [-0.05, 0) is 38.0 Å². The van der Waals surface area contributed by atoms with Gasteiger partial charge in [0.2, 0.25) is 0 Å². The SMILES string of the molecule is CCC(C)NC(C)(C(=O)OC)c1ccc(Br)cc1. The largest absolute Gasteiger partial charge is 0.467 e. The van der Waals surface area contributed by atoms with E-state index in [1.54, 1.807) is 0 Å². The molecule has 2 unspecified atom stereocenters. The Bertz CT molecular complexity index is 405. The summed E-state index contributed by atoms with van der Waals surface area (Å²) < 4.78 is 5.92. The number of halogens is 1. The zero-order valence-electron chi connectivity index (χ0n) is 11.3. The van der Waals surface area contributed by atoms with Crippen molar-refractivity contribution in [2.24, 2.45) is 0 Å². The normalized spacial score (nSPS) is 15.8. The summed E-state index contributed by atoms with van der Waals surface area (Å²) >= 11 is 3.39. The van der Waals surface area contributed by atoms with Gasteiger partial charge in [-0.1, -0.05) is 35.0 Å². The number of hydrogen-bond acceptors (Lipinski definition) is 3. The van der Waals surface area contributed by atoms with Crippen molar-refractivity contribution in [3.63, 3.8) is 0 Å². The lowest BCUT2D eigenvalue weighted by molar-refractivity contribution is -0.148. The molecule has 2 atom stereocenters. The average molecular weight is 314 g/mol. The number of hydrogen-bond donors (Lipinski definition) is 1. The minimum atomic E-state index is -0.815. The Morgan fingerprint density at radius 1 is 1.44 bits per heavy atom. The van der Waals surface area contributed by atoms with Crippen molar-refractivity contribution in [2.45, 2.75) is 38.8 Å². The van der Waals surface area contributed by atoms with E-state index in [0.717, 1.165) is 16.5 Å². The second-order valence-electron chi connectivity index (χ2n) is 4.58. The standard InChI is InChI=1S/C14H20BrNO2/c1-5-10(2)16-14(3,13(17)18-4)11-6-8-12(15)9-7-11/h6-10,16H,5H2,1-4H3. The van der Waals surface area contributed by atoms with Crippen molar-refractivity contribution in [1.29, 1.82) is 0 Å². The molecule has 0 bridgehead atoms. The summed E-state index contributed by atoms with van der Waals surface area (Å²) in [6.45, 7) is 5.99. The number of rotatable bonds is 5. The van der Waals surface area contributed by atoms with E-state index in [-0.39, 0.29) is 12.0 Å². The zero-order chi connectivity index (χ0) is 13.8. The summed E-state index contributed by atoms with van der Waals surface area (Å²) in [5, 5.41) is 3.34. The molecule has 0 saturated carbocycles. The van der Waals surface area contributed by atoms with Crippen LogP contribution in [0, 0.1) is 0 Å². The molecule has 0 aliphatic rings. The molecule has 1 aromatic rings. The van der Waals surface area contributed by atoms with E-state index in [1.807, 2.05) is 31.2 Å². The number of carbonyl (C=O) groups is 1. The molecule has 0 amide bonds. The van der Waals surface area contributed by atoms with Crippen LogP contribution in [0.25, 0.3) is 0 Å². The molecular weight excluding hydrogens is 294 g/mol. The lowest BCUT2D eigenvalue weighted by Crippen LogP contribution is -2.50. The fourth-order valence-corrected chi connectivity index (χ4v) is 2.11. The number of methoxy groups -OCH3 is 1. The van der Waals surface area contributed by atoms with Crippen LogP contribution >= 0.6 is 15.9 Å². The summed E-state index contributed by atoms with van der Waals surface area (Å²) in [5.41, 5.74) is 0.0862. The predicted octanol–water partition coefficient (Wildman–Crippen LogP) is 3.23. The fourth-order valence-electron chi connectivity index (χ4n) is 1.84. The maximum absolute atomic E-state index is 12.1. The van der Waals surface area contributed by atoms with Crippen molar-refractivity contribution in [2.75, 3.05) is 7.11 Å². The van der Waals surface area contributed by atoms with E-state index in [9.17, 15) is 4.79 Å². The van der Waals surface area contributed by atoms with Crippen LogP contribution in [-0.2, 0) is 15.1 Å². The van der Waals surface area contributed by atoms with Crippen LogP contribution in [0.15, 0.2) is 28.7 Å². The third kappa shape index (κ3) is 3.33. The van der Waals surface area contributed by atoms with Crippen LogP contribution in [-0.4, -0.2) is 19.1 Å². The maximum Gasteiger partial charge on any atom is 0.330 e. The fraction of sp³-hybridized carbons (Fsp3) is 0.500. The van der Waals surface area contributed by atoms with Crippen molar-refractivity contribution in [3.05, 3.63) is 34.3 Å². The van der Waals surface area contributed by atoms with Gasteiger partial charge >= 0.3 is 5.97 Å². The van der Waals surface area contributed by atoms with Gasteiger partial charge in [0.25, 0.3) is 0 Å². The second-order valence-corrected chi connectivity index (χ2v) is 5.49. The Kier molecular flexibility index (Phi) is 5.35. The van der Waals surface area contributed by atoms with Gasteiger partial charge < -0.3 is 4.74 Å². The summed E-state index contributed by atoms with van der Waals surface area (Å²) in [4.78, 5) is 12.1. The number of ether oxygens (including phenoxy) is 1. The molecule has 1 N–H and O–H groups in total. The molecule has 0 aliphatic heterocycles. The van der Waals surface area contributed by atoms with E-state index in [2.05, 4.69) is 35.1 Å². The molecular formula is C14H20BrNO2. The van der Waals surface area contributed by atoms with E-state index in [4.69, 9.17) is 4.74 Å². The van der Waals surface area contributed by atoms with Crippen molar-refractivity contribution < 1.29 is 9.53 Å². The summed E-state index contributed by atoms with van der Waals surface area (Å²) in [6.07, 6.45) is 0.948. The molecule has 4 heteroatoms. The van der Waals surface area contributed by atoms with Crippen molar-refractivity contribution >= 4 is 21.9 Å². The molecule has 3 nitrogen and oxygen atoms in total. The highest BCUT2D eigenvalue weighted by molar-refractivity contribution is 9.10. The van der Waals surface area contributed by atoms with Crippen molar-refractivity contribution in [3.8, 4) is 0 Å². The molecule has 0 saturated heterocycles. The average Bonchev–Trinajstić information content (AvgIpc) is 2.38. The van der Waals surface area contributed by atoms with Gasteiger partial charge in [0.05, 0.1) is 7.11 Å². The molecule has 18 heavy (non-hydrogen) atoms. The predicted molar refractivity (Wildman–Crippen MR) is 76.4 cm³/mol. The molecule has 1 rings (SSSR count). The zero-order valence-corrected chi connectivity index (χ0v) is 12.9.